The molecule has 2 heterocycles. The van der Waals surface area contributed by atoms with Crippen molar-refractivity contribution in [2.75, 3.05) is 13.7 Å². The average molecular weight is 877 g/mol. The maximum absolute atomic E-state index is 6.12. The van der Waals surface area contributed by atoms with Gasteiger partial charge in [0.1, 0.15) is 16.8 Å². The highest BCUT2D eigenvalue weighted by Gasteiger charge is 2.14. The Bertz CT molecular complexity index is 2910. The second-order valence-corrected chi connectivity index (χ2v) is 12.8. The number of benzene rings is 4. The summed E-state index contributed by atoms with van der Waals surface area (Å²) < 4.78 is 18.1. The molecule has 0 N–H and O–H groups in total. The fraction of sp³-hybridized carbons (Fsp3) is 0.282. The van der Waals surface area contributed by atoms with Gasteiger partial charge in [0.05, 0.1) is 18.9 Å². The number of nitrogens with zero attached hydrogens (tertiary/aromatic N) is 22. The molecule has 65 heavy (non-hydrogen) atoms. The second-order valence-electron chi connectivity index (χ2n) is 12.8. The Hall–Kier alpha value is -9.20. The van der Waals surface area contributed by atoms with Gasteiger partial charge in [0.25, 0.3) is 11.8 Å². The number of aromatic nitrogens is 2. The zero-order valence-corrected chi connectivity index (χ0v) is 34.8. The van der Waals surface area contributed by atoms with Crippen molar-refractivity contribution in [3.63, 3.8) is 0 Å². The van der Waals surface area contributed by atoms with Crippen molar-refractivity contribution < 1.29 is 18.4 Å². The molecule has 0 saturated heterocycles. The molecule has 2 aromatic heterocycles. The summed E-state index contributed by atoms with van der Waals surface area (Å²) in [5, 5.41) is 64.7. The van der Waals surface area contributed by atoms with Crippen molar-refractivity contribution in [3.8, 4) is 35.2 Å². The second kappa shape index (κ2) is 26.2. The van der Waals surface area contributed by atoms with Crippen LogP contribution in [-0.4, -0.2) is 23.6 Å². The van der Waals surface area contributed by atoms with Crippen molar-refractivity contribution >= 4 is 33.0 Å². The first-order valence-corrected chi connectivity index (χ1v) is 19.8. The average Bonchev–Trinajstić information content (AvgIpc) is 3.97. The Morgan fingerprint density at radius 1 is 0.446 bits per heavy atom. The monoisotopic (exact) mass is 876 g/mol. The number of fused-ring (bicyclic) bond motifs is 5. The summed E-state index contributed by atoms with van der Waals surface area (Å²) in [7, 11) is 1.40. The number of ether oxygens (including phenoxy) is 1. The van der Waals surface area contributed by atoms with E-state index < -0.39 is 0 Å². The van der Waals surface area contributed by atoms with Gasteiger partial charge in [-0.2, -0.15) is 5.11 Å². The Morgan fingerprint density at radius 3 is 1.32 bits per heavy atom. The Morgan fingerprint density at radius 2 is 0.862 bits per heavy atom. The lowest BCUT2D eigenvalue weighted by molar-refractivity contribution is 0.304. The van der Waals surface area contributed by atoms with Crippen LogP contribution < -0.4 is 9.57 Å². The molecule has 0 unspecified atom stereocenters. The van der Waals surface area contributed by atoms with Gasteiger partial charge in [-0.25, -0.2) is 9.97 Å². The van der Waals surface area contributed by atoms with Crippen molar-refractivity contribution in [2.45, 2.75) is 58.3 Å². The summed E-state index contributed by atoms with van der Waals surface area (Å²) in [4.78, 5) is 14.3. The van der Waals surface area contributed by atoms with Crippen LogP contribution in [0.15, 0.2) is 186 Å². The van der Waals surface area contributed by atoms with Gasteiger partial charge in [-0.15, -0.1) is 0 Å². The van der Waals surface area contributed by atoms with Gasteiger partial charge in [0.15, 0.2) is 16.9 Å². The van der Waals surface area contributed by atoms with E-state index in [1.807, 2.05) is 48.5 Å². The smallest absolute Gasteiger partial charge is 0.274 e. The van der Waals surface area contributed by atoms with E-state index in [9.17, 15) is 0 Å². The minimum Gasteiger partial charge on any atom is -0.494 e. The van der Waals surface area contributed by atoms with Gasteiger partial charge in [-0.3, -0.25) is 0 Å². The number of oxazole rings is 2. The minimum atomic E-state index is 0.243. The van der Waals surface area contributed by atoms with Gasteiger partial charge in [-0.05, 0) is 133 Å². The number of hydrogen-bond donors (Lipinski definition) is 0. The molecule has 4 aromatic carbocycles. The largest absolute Gasteiger partial charge is 0.494 e. The van der Waals surface area contributed by atoms with E-state index in [-0.39, 0.29) is 5.89 Å². The van der Waals surface area contributed by atoms with E-state index in [4.69, 9.17) is 18.4 Å². The summed E-state index contributed by atoms with van der Waals surface area (Å²) in [5.74, 6) is 13.9. The Labute approximate surface area is 367 Å². The molecule has 0 bridgehead atoms. The molecule has 326 valence electrons. The first-order valence-electron chi connectivity index (χ1n) is 19.8. The summed E-state index contributed by atoms with van der Waals surface area (Å²) in [5.41, 5.74) is 4.00. The van der Waals surface area contributed by atoms with Gasteiger partial charge >= 0.3 is 0 Å². The van der Waals surface area contributed by atoms with Crippen LogP contribution in [0.3, 0.4) is 0 Å². The van der Waals surface area contributed by atoms with Crippen LogP contribution in [-0.2, 0) is 0 Å². The van der Waals surface area contributed by atoms with Crippen molar-refractivity contribution in [2.24, 2.45) is 104 Å². The van der Waals surface area contributed by atoms with E-state index in [2.05, 4.69) is 145 Å². The zero-order valence-electron chi connectivity index (χ0n) is 34.8. The van der Waals surface area contributed by atoms with Crippen LogP contribution in [0, 0.1) is 23.7 Å². The fourth-order valence-electron chi connectivity index (χ4n) is 5.60. The van der Waals surface area contributed by atoms with Crippen LogP contribution in [0.4, 0.5) is 0 Å². The van der Waals surface area contributed by atoms with Crippen molar-refractivity contribution in [3.05, 3.63) is 95.7 Å². The SMILES string of the molecule is CCCCCCCCCCOc1ccc(C#Cc2nc3ccc4c(ccc5nc(C#Cc6ccc(ON=NN=NN=NN=NN=NN=NN=NN=NN=NN=NC)cc6)oc54)c3o2)cc1. The number of hydrogen-bond acceptors (Lipinski definition) is 8. The summed E-state index contributed by atoms with van der Waals surface area (Å²) in [6.45, 7) is 2.96. The van der Waals surface area contributed by atoms with Crippen molar-refractivity contribution in [1.82, 2.24) is 9.97 Å². The predicted molar refractivity (Wildman–Crippen MR) is 227 cm³/mol. The highest BCUT2D eigenvalue weighted by molar-refractivity contribution is 6.12. The van der Waals surface area contributed by atoms with E-state index in [1.165, 1.54) is 52.0 Å². The topological polar surface area (TPSA) is 318 Å². The Kier molecular flexibility index (Phi) is 18.3. The first-order chi connectivity index (χ1) is 32.2. The molecule has 0 aliphatic carbocycles. The third kappa shape index (κ3) is 15.3. The molecule has 6 aromatic rings. The van der Waals surface area contributed by atoms with Gasteiger partial charge in [0, 0.05) is 74.1 Å². The summed E-state index contributed by atoms with van der Waals surface area (Å²) in [6.07, 6.45) is 10.1. The van der Waals surface area contributed by atoms with Gasteiger partial charge in [-0.1, -0.05) is 63.7 Å². The molecule has 0 atom stereocenters. The quantitative estimate of drug-likeness (QED) is 0.0292. The molecule has 0 spiro atoms. The van der Waals surface area contributed by atoms with Gasteiger partial charge in [0.2, 0.25) is 0 Å². The maximum Gasteiger partial charge on any atom is 0.274 e. The third-order valence-corrected chi connectivity index (χ3v) is 8.46. The molecule has 0 amide bonds. The normalized spacial score (nSPS) is 12.5. The van der Waals surface area contributed by atoms with Crippen LogP contribution in [0.25, 0.3) is 33.0 Å². The lowest BCUT2D eigenvalue weighted by Crippen LogP contribution is -1.97. The van der Waals surface area contributed by atoms with Crippen molar-refractivity contribution in [1.29, 1.82) is 0 Å². The summed E-state index contributed by atoms with van der Waals surface area (Å²) >= 11 is 0. The fourth-order valence-corrected chi connectivity index (χ4v) is 5.60. The van der Waals surface area contributed by atoms with E-state index in [0.717, 1.165) is 28.5 Å². The Balaban J connectivity index is 0.949. The lowest BCUT2D eigenvalue weighted by Gasteiger charge is -2.06. The molecule has 0 aliphatic rings. The van der Waals surface area contributed by atoms with E-state index >= 15 is 0 Å². The number of rotatable bonds is 21. The van der Waals surface area contributed by atoms with Crippen LogP contribution in [0.2, 0.25) is 0 Å². The molecular formula is C39H36N22O4. The maximum atomic E-state index is 6.12. The lowest BCUT2D eigenvalue weighted by atomic mass is 10.1. The molecule has 0 radical (unpaired) electrons. The van der Waals surface area contributed by atoms with Gasteiger partial charge < -0.3 is 18.4 Å². The number of unbranched alkanes of at least 4 members (excludes halogenated alkanes) is 7. The first kappa shape index (κ1) is 45.3. The van der Waals surface area contributed by atoms with Crippen LogP contribution in [0.5, 0.6) is 11.5 Å². The molecule has 0 saturated carbocycles. The molecule has 6 rings (SSSR count). The zero-order chi connectivity index (χ0) is 45.0. The van der Waals surface area contributed by atoms with Crippen LogP contribution in [0.1, 0.15) is 81.2 Å². The molecular weight excluding hydrogens is 841 g/mol. The molecule has 0 aliphatic heterocycles. The van der Waals surface area contributed by atoms with Crippen LogP contribution >= 0.6 is 0 Å². The minimum absolute atomic E-state index is 0.243. The standard InChI is InChI=1S/C39H36N22O4/c1-3-4-5-6-7-8-9-10-27-62-30-17-11-28(12-18-30)15-25-36-41-34-23-21-33-32(38(34)63-36)22-24-35-39(33)64-37(42-35)26-16-29-13-19-31(20-14-29)65-61-60-59-58-57-56-55-54-53-52-51-50-49-48-47-46-45-44-43-40-2/h11-14,17-24H,3-10,27H2,1-2H3. The molecule has 0 fully saturated rings. The molecule has 26 nitrogen and oxygen atoms in total. The van der Waals surface area contributed by atoms with E-state index in [1.54, 1.807) is 24.3 Å². The molecule has 26 heteroatoms. The van der Waals surface area contributed by atoms with E-state index in [0.29, 0.717) is 46.0 Å². The highest BCUT2D eigenvalue weighted by Crippen LogP contribution is 2.32. The third-order valence-electron chi connectivity index (χ3n) is 8.46. The highest BCUT2D eigenvalue weighted by atomic mass is 16.6. The summed E-state index contributed by atoms with van der Waals surface area (Å²) in [6, 6.07) is 22.0. The predicted octanol–water partition coefficient (Wildman–Crippen LogP) is 13.1.